The second-order valence-electron chi connectivity index (χ2n) is 5.43. The van der Waals surface area contributed by atoms with Crippen molar-refractivity contribution < 1.29 is 4.79 Å². The molecular weight excluding hydrogens is 250 g/mol. The van der Waals surface area contributed by atoms with Gasteiger partial charge in [0.05, 0.1) is 17.0 Å². The third-order valence-corrected chi connectivity index (χ3v) is 4.32. The molecule has 0 saturated heterocycles. The molecule has 2 rings (SSSR count). The molecule has 1 amide bonds. The molecule has 1 fully saturated rings. The first kappa shape index (κ1) is 14.5. The van der Waals surface area contributed by atoms with E-state index in [-0.39, 0.29) is 11.3 Å². The second kappa shape index (κ2) is 6.06. The predicted octanol–water partition coefficient (Wildman–Crippen LogP) is 2.04. The zero-order valence-corrected chi connectivity index (χ0v) is 11.9. The van der Waals surface area contributed by atoms with Gasteiger partial charge in [0, 0.05) is 19.6 Å². The van der Waals surface area contributed by atoms with Gasteiger partial charge >= 0.3 is 0 Å². The third-order valence-electron chi connectivity index (χ3n) is 4.32. The Hall–Kier alpha value is -1.86. The summed E-state index contributed by atoms with van der Waals surface area (Å²) in [6.07, 6.45) is 2.85. The van der Waals surface area contributed by atoms with Crippen molar-refractivity contribution in [1.82, 2.24) is 4.90 Å². The molecule has 0 bridgehead atoms. The van der Waals surface area contributed by atoms with Crippen LogP contribution in [0.5, 0.6) is 0 Å². The van der Waals surface area contributed by atoms with Crippen LogP contribution >= 0.6 is 0 Å². The average Bonchev–Trinajstić information content (AvgIpc) is 2.44. The van der Waals surface area contributed by atoms with Crippen molar-refractivity contribution in [3.63, 3.8) is 0 Å². The molecule has 1 aromatic rings. The third kappa shape index (κ3) is 2.54. The first-order valence-electron chi connectivity index (χ1n) is 7.14. The lowest BCUT2D eigenvalue weighted by atomic mass is 9.67. The first-order chi connectivity index (χ1) is 9.66. The van der Waals surface area contributed by atoms with Crippen LogP contribution in [0.4, 0.5) is 0 Å². The standard InChI is InChI=1S/C16H21N3O/c1-2-19(15(20)16(12-18)8-5-9-16)11-14-7-4-3-6-13(14)10-17/h3-4,6-7H,2,5,8-9,11-12,18H2,1H3. The number of rotatable bonds is 5. The van der Waals surface area contributed by atoms with Gasteiger partial charge in [-0.15, -0.1) is 0 Å². The average molecular weight is 271 g/mol. The van der Waals surface area contributed by atoms with Crippen molar-refractivity contribution in [2.45, 2.75) is 32.7 Å². The quantitative estimate of drug-likeness (QED) is 0.890. The number of nitriles is 1. The smallest absolute Gasteiger partial charge is 0.230 e. The van der Waals surface area contributed by atoms with Crippen LogP contribution in [0.15, 0.2) is 24.3 Å². The van der Waals surface area contributed by atoms with Crippen molar-refractivity contribution in [1.29, 1.82) is 5.26 Å². The van der Waals surface area contributed by atoms with E-state index in [4.69, 9.17) is 11.0 Å². The van der Waals surface area contributed by atoms with Gasteiger partial charge in [-0.2, -0.15) is 5.26 Å². The Labute approximate surface area is 120 Å². The highest BCUT2D eigenvalue weighted by Crippen LogP contribution is 2.41. The van der Waals surface area contributed by atoms with E-state index in [0.29, 0.717) is 25.2 Å². The molecule has 1 aliphatic rings. The number of amides is 1. The molecule has 0 heterocycles. The van der Waals surface area contributed by atoms with Crippen LogP contribution in [-0.2, 0) is 11.3 Å². The van der Waals surface area contributed by atoms with Gasteiger partial charge in [0.15, 0.2) is 0 Å². The van der Waals surface area contributed by atoms with Crippen LogP contribution in [-0.4, -0.2) is 23.9 Å². The summed E-state index contributed by atoms with van der Waals surface area (Å²) in [6.45, 7) is 3.51. The summed E-state index contributed by atoms with van der Waals surface area (Å²) in [5, 5.41) is 9.13. The number of carbonyl (C=O) groups excluding carboxylic acids is 1. The van der Waals surface area contributed by atoms with Gasteiger partial charge in [-0.3, -0.25) is 4.79 Å². The van der Waals surface area contributed by atoms with Gasteiger partial charge in [0.25, 0.3) is 0 Å². The van der Waals surface area contributed by atoms with E-state index in [2.05, 4.69) is 6.07 Å². The Morgan fingerprint density at radius 2 is 2.15 bits per heavy atom. The fourth-order valence-corrected chi connectivity index (χ4v) is 2.74. The van der Waals surface area contributed by atoms with Crippen LogP contribution in [0.2, 0.25) is 0 Å². The number of hydrogen-bond donors (Lipinski definition) is 1. The predicted molar refractivity (Wildman–Crippen MR) is 77.6 cm³/mol. The number of nitrogens with two attached hydrogens (primary N) is 1. The summed E-state index contributed by atoms with van der Waals surface area (Å²) >= 11 is 0. The maximum Gasteiger partial charge on any atom is 0.230 e. The van der Waals surface area contributed by atoms with Gasteiger partial charge in [0.2, 0.25) is 5.91 Å². The molecule has 2 N–H and O–H groups in total. The molecule has 0 aliphatic heterocycles. The molecule has 1 aliphatic carbocycles. The Morgan fingerprint density at radius 3 is 2.65 bits per heavy atom. The molecule has 1 saturated carbocycles. The molecular formula is C16H21N3O. The lowest BCUT2D eigenvalue weighted by Gasteiger charge is -2.42. The summed E-state index contributed by atoms with van der Waals surface area (Å²) in [6, 6.07) is 9.62. The summed E-state index contributed by atoms with van der Waals surface area (Å²) < 4.78 is 0. The zero-order valence-electron chi connectivity index (χ0n) is 11.9. The Morgan fingerprint density at radius 1 is 1.45 bits per heavy atom. The van der Waals surface area contributed by atoms with Crippen LogP contribution in [0, 0.1) is 16.7 Å². The van der Waals surface area contributed by atoms with E-state index in [9.17, 15) is 4.79 Å². The summed E-state index contributed by atoms with van der Waals surface area (Å²) in [5.41, 5.74) is 7.00. The van der Waals surface area contributed by atoms with Crippen LogP contribution in [0.1, 0.15) is 37.3 Å². The fourth-order valence-electron chi connectivity index (χ4n) is 2.74. The Balaban J connectivity index is 2.17. The highest BCUT2D eigenvalue weighted by atomic mass is 16.2. The fraction of sp³-hybridized carbons (Fsp3) is 0.500. The number of hydrogen-bond acceptors (Lipinski definition) is 3. The monoisotopic (exact) mass is 271 g/mol. The number of nitrogens with zero attached hydrogens (tertiary/aromatic N) is 2. The molecule has 106 valence electrons. The van der Waals surface area contributed by atoms with Crippen LogP contribution in [0.3, 0.4) is 0 Å². The van der Waals surface area contributed by atoms with Crippen LogP contribution < -0.4 is 5.73 Å². The van der Waals surface area contributed by atoms with E-state index in [1.165, 1.54) is 0 Å². The summed E-state index contributed by atoms with van der Waals surface area (Å²) in [4.78, 5) is 14.5. The summed E-state index contributed by atoms with van der Waals surface area (Å²) in [5.74, 6) is 0.140. The van der Waals surface area contributed by atoms with Gasteiger partial charge in [0.1, 0.15) is 0 Å². The normalized spacial score (nSPS) is 16.1. The maximum absolute atomic E-state index is 12.7. The molecule has 0 atom stereocenters. The Bertz CT molecular complexity index is 523. The topological polar surface area (TPSA) is 70.1 Å². The van der Waals surface area contributed by atoms with Crippen molar-refractivity contribution in [3.05, 3.63) is 35.4 Å². The minimum absolute atomic E-state index is 0.140. The number of carbonyl (C=O) groups is 1. The highest BCUT2D eigenvalue weighted by molar-refractivity contribution is 5.84. The van der Waals surface area contributed by atoms with E-state index >= 15 is 0 Å². The molecule has 0 spiro atoms. The molecule has 4 nitrogen and oxygen atoms in total. The van der Waals surface area contributed by atoms with Crippen molar-refractivity contribution >= 4 is 5.91 Å². The van der Waals surface area contributed by atoms with Gasteiger partial charge < -0.3 is 10.6 Å². The SMILES string of the molecule is CCN(Cc1ccccc1C#N)C(=O)C1(CN)CCC1. The van der Waals surface area contributed by atoms with Gasteiger partial charge in [-0.25, -0.2) is 0 Å². The lowest BCUT2D eigenvalue weighted by Crippen LogP contribution is -2.51. The largest absolute Gasteiger partial charge is 0.338 e. The second-order valence-corrected chi connectivity index (χ2v) is 5.43. The Kier molecular flexibility index (Phi) is 4.41. The van der Waals surface area contributed by atoms with Crippen LogP contribution in [0.25, 0.3) is 0 Å². The highest BCUT2D eigenvalue weighted by Gasteiger charge is 2.44. The molecule has 1 aromatic carbocycles. The van der Waals surface area contributed by atoms with E-state index in [1.54, 1.807) is 6.07 Å². The zero-order chi connectivity index (χ0) is 14.6. The molecule has 0 unspecified atom stereocenters. The maximum atomic E-state index is 12.7. The first-order valence-corrected chi connectivity index (χ1v) is 7.14. The molecule has 0 radical (unpaired) electrons. The lowest BCUT2D eigenvalue weighted by molar-refractivity contribution is -0.147. The molecule has 4 heteroatoms. The molecule has 20 heavy (non-hydrogen) atoms. The minimum atomic E-state index is -0.350. The van der Waals surface area contributed by atoms with Gasteiger partial charge in [-0.1, -0.05) is 24.6 Å². The number of benzene rings is 1. The summed E-state index contributed by atoms with van der Waals surface area (Å²) in [7, 11) is 0. The van der Waals surface area contributed by atoms with E-state index in [0.717, 1.165) is 24.8 Å². The molecule has 0 aromatic heterocycles. The van der Waals surface area contributed by atoms with E-state index in [1.807, 2.05) is 30.0 Å². The van der Waals surface area contributed by atoms with Crippen molar-refractivity contribution in [2.24, 2.45) is 11.1 Å². The van der Waals surface area contributed by atoms with Gasteiger partial charge in [-0.05, 0) is 31.4 Å². The van der Waals surface area contributed by atoms with Crippen molar-refractivity contribution in [2.75, 3.05) is 13.1 Å². The minimum Gasteiger partial charge on any atom is -0.338 e. The van der Waals surface area contributed by atoms with Crippen molar-refractivity contribution in [3.8, 4) is 6.07 Å². The van der Waals surface area contributed by atoms with E-state index < -0.39 is 0 Å².